The molecule has 4 nitrogen and oxygen atoms in total. The number of likely N-dealkylation sites (tertiary alicyclic amines) is 1. The molecular weight excluding hydrogens is 366 g/mol. The van der Waals surface area contributed by atoms with Crippen molar-refractivity contribution < 1.29 is 13.2 Å². The molecule has 3 rings (SSSR count). The molecule has 1 aromatic carbocycles. The summed E-state index contributed by atoms with van der Waals surface area (Å²) in [4.78, 5) is 14.9. The SMILES string of the molecule is O=C(c1ccc(CS(=O)(=O)Cc2ccc(Cl)s2)cc1)N1CCCC1. The van der Waals surface area contributed by atoms with Gasteiger partial charge < -0.3 is 4.90 Å². The van der Waals surface area contributed by atoms with Crippen molar-refractivity contribution in [1.29, 1.82) is 0 Å². The lowest BCUT2D eigenvalue weighted by molar-refractivity contribution is 0.0793. The minimum atomic E-state index is -3.27. The van der Waals surface area contributed by atoms with E-state index in [4.69, 9.17) is 11.6 Å². The van der Waals surface area contributed by atoms with E-state index in [-0.39, 0.29) is 17.4 Å². The molecule has 1 aliphatic heterocycles. The van der Waals surface area contributed by atoms with Crippen molar-refractivity contribution in [1.82, 2.24) is 4.90 Å². The number of carbonyl (C=O) groups is 1. The average molecular weight is 384 g/mol. The first-order chi connectivity index (χ1) is 11.4. The van der Waals surface area contributed by atoms with E-state index in [1.165, 1.54) is 11.3 Å². The summed E-state index contributed by atoms with van der Waals surface area (Å²) in [6.07, 6.45) is 2.10. The molecule has 1 saturated heterocycles. The smallest absolute Gasteiger partial charge is 0.253 e. The van der Waals surface area contributed by atoms with Gasteiger partial charge in [-0.25, -0.2) is 8.42 Å². The summed E-state index contributed by atoms with van der Waals surface area (Å²) < 4.78 is 25.2. The fourth-order valence-corrected chi connectivity index (χ4v) is 5.79. The predicted octanol–water partition coefficient (Wildman–Crippen LogP) is 3.75. The van der Waals surface area contributed by atoms with E-state index in [0.717, 1.165) is 30.8 Å². The fourth-order valence-electron chi connectivity index (χ4n) is 2.80. The normalized spacial score (nSPS) is 15.0. The average Bonchev–Trinajstić information content (AvgIpc) is 3.18. The highest BCUT2D eigenvalue weighted by atomic mass is 35.5. The highest BCUT2D eigenvalue weighted by Crippen LogP contribution is 2.24. The zero-order valence-electron chi connectivity index (χ0n) is 13.1. The molecule has 2 heterocycles. The lowest BCUT2D eigenvalue weighted by Crippen LogP contribution is -2.27. The summed E-state index contributed by atoms with van der Waals surface area (Å²) in [6, 6.07) is 10.3. The molecule has 0 N–H and O–H groups in total. The minimum absolute atomic E-state index is 0.0150. The number of hydrogen-bond acceptors (Lipinski definition) is 4. The monoisotopic (exact) mass is 383 g/mol. The summed E-state index contributed by atoms with van der Waals surface area (Å²) in [5.74, 6) is -0.0327. The molecule has 1 amide bonds. The molecule has 0 bridgehead atoms. The van der Waals surface area contributed by atoms with Crippen molar-refractivity contribution in [2.45, 2.75) is 24.3 Å². The summed E-state index contributed by atoms with van der Waals surface area (Å²) in [7, 11) is -3.27. The third-order valence-electron chi connectivity index (χ3n) is 3.97. The van der Waals surface area contributed by atoms with Crippen LogP contribution in [0.4, 0.5) is 0 Å². The largest absolute Gasteiger partial charge is 0.339 e. The van der Waals surface area contributed by atoms with Crippen molar-refractivity contribution in [3.05, 3.63) is 56.7 Å². The molecule has 0 saturated carbocycles. The number of benzene rings is 1. The number of halogens is 1. The Hall–Kier alpha value is -1.37. The van der Waals surface area contributed by atoms with Gasteiger partial charge in [0.15, 0.2) is 9.84 Å². The second-order valence-corrected chi connectivity index (χ2v) is 9.80. The van der Waals surface area contributed by atoms with Crippen LogP contribution >= 0.6 is 22.9 Å². The molecular formula is C17H18ClNO3S2. The standard InChI is InChI=1S/C17H18ClNO3S2/c18-16-8-7-15(23-16)12-24(21,22)11-13-3-5-14(6-4-13)17(20)19-9-1-2-10-19/h3-8H,1-2,9-12H2. The van der Waals surface area contributed by atoms with Gasteiger partial charge >= 0.3 is 0 Å². The molecule has 1 aliphatic rings. The van der Waals surface area contributed by atoms with Crippen LogP contribution in [0.25, 0.3) is 0 Å². The Labute approximate surface area is 151 Å². The minimum Gasteiger partial charge on any atom is -0.339 e. The molecule has 2 aromatic rings. The molecule has 1 fully saturated rings. The van der Waals surface area contributed by atoms with Crippen LogP contribution in [-0.4, -0.2) is 32.3 Å². The highest BCUT2D eigenvalue weighted by molar-refractivity contribution is 7.90. The number of rotatable bonds is 5. The van der Waals surface area contributed by atoms with E-state index in [1.807, 2.05) is 4.90 Å². The molecule has 7 heteroatoms. The van der Waals surface area contributed by atoms with Gasteiger partial charge in [-0.1, -0.05) is 23.7 Å². The Morgan fingerprint density at radius 2 is 1.71 bits per heavy atom. The van der Waals surface area contributed by atoms with Crippen LogP contribution < -0.4 is 0 Å². The van der Waals surface area contributed by atoms with Gasteiger partial charge in [0.05, 0.1) is 15.8 Å². The van der Waals surface area contributed by atoms with Gasteiger partial charge in [0, 0.05) is 23.5 Å². The Morgan fingerprint density at radius 3 is 2.29 bits per heavy atom. The maximum Gasteiger partial charge on any atom is 0.253 e. The van der Waals surface area contributed by atoms with Crippen molar-refractivity contribution in [3.8, 4) is 0 Å². The quantitative estimate of drug-likeness (QED) is 0.790. The summed E-state index contributed by atoms with van der Waals surface area (Å²) in [5, 5.41) is 0. The van der Waals surface area contributed by atoms with Gasteiger partial charge in [-0.05, 0) is 42.7 Å². The highest BCUT2D eigenvalue weighted by Gasteiger charge is 2.20. The van der Waals surface area contributed by atoms with Crippen LogP contribution in [0.1, 0.15) is 33.6 Å². The second-order valence-electron chi connectivity index (χ2n) is 5.93. The molecule has 0 unspecified atom stereocenters. The van der Waals surface area contributed by atoms with Crippen molar-refractivity contribution >= 4 is 38.7 Å². The van der Waals surface area contributed by atoms with Crippen LogP contribution in [0, 0.1) is 0 Å². The molecule has 128 valence electrons. The summed E-state index contributed by atoms with van der Waals surface area (Å²) in [5.41, 5.74) is 1.30. The Balaban J connectivity index is 1.65. The van der Waals surface area contributed by atoms with E-state index in [2.05, 4.69) is 0 Å². The fraction of sp³-hybridized carbons (Fsp3) is 0.353. The predicted molar refractivity (Wildman–Crippen MR) is 97.2 cm³/mol. The molecule has 0 spiro atoms. The second kappa shape index (κ2) is 7.25. The Kier molecular flexibility index (Phi) is 5.27. The van der Waals surface area contributed by atoms with E-state index in [9.17, 15) is 13.2 Å². The van der Waals surface area contributed by atoms with E-state index >= 15 is 0 Å². The maximum absolute atomic E-state index is 12.3. The lowest BCUT2D eigenvalue weighted by atomic mass is 10.1. The Morgan fingerprint density at radius 1 is 1.04 bits per heavy atom. The van der Waals surface area contributed by atoms with Crippen molar-refractivity contribution in [3.63, 3.8) is 0 Å². The number of carbonyl (C=O) groups excluding carboxylic acids is 1. The molecule has 0 aliphatic carbocycles. The molecule has 0 radical (unpaired) electrons. The number of amides is 1. The lowest BCUT2D eigenvalue weighted by Gasteiger charge is -2.15. The number of nitrogens with zero attached hydrogens (tertiary/aromatic N) is 1. The van der Waals surface area contributed by atoms with Crippen LogP contribution in [0.3, 0.4) is 0 Å². The van der Waals surface area contributed by atoms with Crippen LogP contribution in [0.2, 0.25) is 4.34 Å². The molecule has 24 heavy (non-hydrogen) atoms. The van der Waals surface area contributed by atoms with Crippen molar-refractivity contribution in [2.75, 3.05) is 13.1 Å². The zero-order valence-corrected chi connectivity index (χ0v) is 15.5. The van der Waals surface area contributed by atoms with Gasteiger partial charge in [0.2, 0.25) is 0 Å². The van der Waals surface area contributed by atoms with Crippen molar-refractivity contribution in [2.24, 2.45) is 0 Å². The summed E-state index contributed by atoms with van der Waals surface area (Å²) >= 11 is 7.12. The first-order valence-corrected chi connectivity index (χ1v) is 10.8. The number of thiophene rings is 1. The maximum atomic E-state index is 12.3. The Bertz CT molecular complexity index is 822. The van der Waals surface area contributed by atoms with Crippen LogP contribution in [0.15, 0.2) is 36.4 Å². The van der Waals surface area contributed by atoms with E-state index in [1.54, 1.807) is 36.4 Å². The molecule has 1 aromatic heterocycles. The first kappa shape index (κ1) is 17.5. The van der Waals surface area contributed by atoms with E-state index < -0.39 is 9.84 Å². The molecule has 0 atom stereocenters. The van der Waals surface area contributed by atoms with Crippen LogP contribution in [-0.2, 0) is 21.3 Å². The topological polar surface area (TPSA) is 54.5 Å². The van der Waals surface area contributed by atoms with Crippen LogP contribution in [0.5, 0.6) is 0 Å². The third-order valence-corrected chi connectivity index (χ3v) is 6.91. The summed E-state index contributed by atoms with van der Waals surface area (Å²) in [6.45, 7) is 1.61. The first-order valence-electron chi connectivity index (χ1n) is 7.76. The van der Waals surface area contributed by atoms with Gasteiger partial charge in [-0.15, -0.1) is 11.3 Å². The van der Waals surface area contributed by atoms with Gasteiger partial charge in [-0.3, -0.25) is 4.79 Å². The third kappa shape index (κ3) is 4.37. The van der Waals surface area contributed by atoms with E-state index in [0.29, 0.717) is 15.5 Å². The van der Waals surface area contributed by atoms with Gasteiger partial charge in [0.1, 0.15) is 0 Å². The number of hydrogen-bond donors (Lipinski definition) is 0. The zero-order chi connectivity index (χ0) is 17.2. The van der Waals surface area contributed by atoms with Gasteiger partial charge in [-0.2, -0.15) is 0 Å². The van der Waals surface area contributed by atoms with Gasteiger partial charge in [0.25, 0.3) is 5.91 Å². The number of sulfone groups is 1.